The second-order valence-electron chi connectivity index (χ2n) is 7.14. The van der Waals surface area contributed by atoms with Crippen molar-refractivity contribution in [3.63, 3.8) is 0 Å². The number of ether oxygens (including phenoxy) is 2. The summed E-state index contributed by atoms with van der Waals surface area (Å²) >= 11 is 0. The molecule has 1 aromatic rings. The van der Waals surface area contributed by atoms with Crippen molar-refractivity contribution in [3.05, 3.63) is 23.8 Å². The lowest BCUT2D eigenvalue weighted by molar-refractivity contribution is -0.127. The number of nitrogens with one attached hydrogen (secondary N) is 2. The molecule has 0 atom stereocenters. The van der Waals surface area contributed by atoms with Gasteiger partial charge < -0.3 is 25.0 Å². The monoisotopic (exact) mass is 412 g/mol. The molecule has 0 aromatic heterocycles. The van der Waals surface area contributed by atoms with Crippen molar-refractivity contribution in [2.45, 2.75) is 51.3 Å². The molecule has 2 N–H and O–H groups in total. The maximum Gasteiger partial charge on any atom is 0.387 e. The van der Waals surface area contributed by atoms with Gasteiger partial charge in [-0.25, -0.2) is 4.99 Å². The van der Waals surface area contributed by atoms with Crippen LogP contribution in [0.25, 0.3) is 0 Å². The lowest BCUT2D eigenvalue weighted by atomic mass is 9.96. The molecule has 1 amide bonds. The summed E-state index contributed by atoms with van der Waals surface area (Å²) in [7, 11) is 4.86. The van der Waals surface area contributed by atoms with E-state index in [1.54, 1.807) is 26.2 Å². The highest BCUT2D eigenvalue weighted by atomic mass is 19.3. The van der Waals surface area contributed by atoms with Crippen LogP contribution in [-0.4, -0.2) is 57.2 Å². The van der Waals surface area contributed by atoms with Gasteiger partial charge in [0.2, 0.25) is 5.91 Å². The molecule has 1 fully saturated rings. The Morgan fingerprint density at radius 1 is 1.28 bits per heavy atom. The van der Waals surface area contributed by atoms with Gasteiger partial charge >= 0.3 is 6.61 Å². The molecule has 1 aliphatic rings. The smallest absolute Gasteiger partial charge is 0.387 e. The van der Waals surface area contributed by atoms with Crippen LogP contribution in [-0.2, 0) is 11.3 Å². The average molecular weight is 412 g/mol. The van der Waals surface area contributed by atoms with Crippen LogP contribution in [0.2, 0.25) is 0 Å². The largest absolute Gasteiger partial charge is 0.497 e. The summed E-state index contributed by atoms with van der Waals surface area (Å²) in [6.45, 7) is -2.75. The molecule has 0 bridgehead atoms. The maximum absolute atomic E-state index is 12.7. The van der Waals surface area contributed by atoms with Gasteiger partial charge in [0, 0.05) is 25.7 Å². The lowest BCUT2D eigenvalue weighted by Gasteiger charge is -2.25. The first-order valence-electron chi connectivity index (χ1n) is 9.75. The van der Waals surface area contributed by atoms with Crippen molar-refractivity contribution >= 4 is 11.9 Å². The van der Waals surface area contributed by atoms with Crippen LogP contribution in [0.3, 0.4) is 0 Å². The molecule has 29 heavy (non-hydrogen) atoms. The van der Waals surface area contributed by atoms with Crippen molar-refractivity contribution in [3.8, 4) is 11.5 Å². The van der Waals surface area contributed by atoms with Gasteiger partial charge in [0.1, 0.15) is 11.5 Å². The first-order valence-corrected chi connectivity index (χ1v) is 9.75. The van der Waals surface area contributed by atoms with E-state index < -0.39 is 6.61 Å². The number of carbonyl (C=O) groups is 1. The van der Waals surface area contributed by atoms with Gasteiger partial charge in [0.25, 0.3) is 0 Å². The highest BCUT2D eigenvalue weighted by Crippen LogP contribution is 2.26. The molecule has 0 radical (unpaired) electrons. The Morgan fingerprint density at radius 3 is 2.62 bits per heavy atom. The lowest BCUT2D eigenvalue weighted by Crippen LogP contribution is -2.47. The summed E-state index contributed by atoms with van der Waals surface area (Å²) in [6.07, 6.45) is 5.56. The Balaban J connectivity index is 2.16. The molecule has 2 rings (SSSR count). The summed E-state index contributed by atoms with van der Waals surface area (Å²) in [6, 6.07) is 4.88. The molecule has 0 spiro atoms. The summed E-state index contributed by atoms with van der Waals surface area (Å²) in [5, 5.41) is 6.39. The topological polar surface area (TPSA) is 75.2 Å². The molecule has 162 valence electrons. The number of hydrogen-bond donors (Lipinski definition) is 2. The van der Waals surface area contributed by atoms with Crippen LogP contribution in [0.1, 0.15) is 37.7 Å². The minimum Gasteiger partial charge on any atom is -0.497 e. The molecule has 0 heterocycles. The highest BCUT2D eigenvalue weighted by Gasteiger charge is 2.16. The predicted octanol–water partition coefficient (Wildman–Crippen LogP) is 2.75. The Labute approximate surface area is 170 Å². The van der Waals surface area contributed by atoms with E-state index in [1.807, 2.05) is 0 Å². The molecule has 7 nitrogen and oxygen atoms in total. The zero-order valence-corrected chi connectivity index (χ0v) is 17.2. The molecule has 0 aliphatic heterocycles. The van der Waals surface area contributed by atoms with E-state index in [4.69, 9.17) is 4.74 Å². The Morgan fingerprint density at radius 2 is 2.00 bits per heavy atom. The minimum atomic E-state index is -2.93. The van der Waals surface area contributed by atoms with Gasteiger partial charge in [0.15, 0.2) is 5.96 Å². The molecule has 1 aliphatic carbocycles. The predicted molar refractivity (Wildman–Crippen MR) is 107 cm³/mol. The third-order valence-corrected chi connectivity index (χ3v) is 4.74. The van der Waals surface area contributed by atoms with Crippen LogP contribution >= 0.6 is 0 Å². The van der Waals surface area contributed by atoms with E-state index in [0.717, 1.165) is 25.7 Å². The molecule has 1 saturated carbocycles. The number of carbonyl (C=O) groups excluding carboxylic acids is 1. The summed E-state index contributed by atoms with van der Waals surface area (Å²) in [5.74, 6) is 0.949. The minimum absolute atomic E-state index is 0.0472. The van der Waals surface area contributed by atoms with Gasteiger partial charge in [-0.15, -0.1) is 0 Å². The number of nitrogens with zero attached hydrogens (tertiary/aromatic N) is 2. The van der Waals surface area contributed by atoms with Gasteiger partial charge in [-0.05, 0) is 31.0 Å². The van der Waals surface area contributed by atoms with E-state index in [2.05, 4.69) is 20.4 Å². The second-order valence-corrected chi connectivity index (χ2v) is 7.14. The van der Waals surface area contributed by atoms with E-state index >= 15 is 0 Å². The zero-order valence-electron chi connectivity index (χ0n) is 17.2. The molecule has 1 aromatic carbocycles. The standard InChI is InChI=1S/C20H30F2N4O3/c1-26(2)18(27)13-24-20(25-15-7-5-4-6-8-15)23-12-14-11-16(28-3)9-10-17(14)29-19(21)22/h9-11,15,19H,4-8,12-13H2,1-3H3,(H2,23,24,25). The quantitative estimate of drug-likeness (QED) is 0.507. The van der Waals surface area contributed by atoms with Crippen LogP contribution in [0.15, 0.2) is 23.2 Å². The van der Waals surface area contributed by atoms with Gasteiger partial charge in [-0.1, -0.05) is 19.3 Å². The first-order chi connectivity index (χ1) is 13.9. The number of alkyl halides is 2. The highest BCUT2D eigenvalue weighted by molar-refractivity contribution is 5.86. The number of benzene rings is 1. The number of halogens is 2. The zero-order chi connectivity index (χ0) is 21.2. The van der Waals surface area contributed by atoms with Crippen LogP contribution in [0, 0.1) is 0 Å². The van der Waals surface area contributed by atoms with E-state index in [-0.39, 0.29) is 30.8 Å². The van der Waals surface area contributed by atoms with Crippen molar-refractivity contribution < 1.29 is 23.0 Å². The van der Waals surface area contributed by atoms with Crippen LogP contribution in [0.5, 0.6) is 11.5 Å². The Kier molecular flexibility index (Phi) is 8.95. The number of amides is 1. The molecule has 0 saturated heterocycles. The summed E-state index contributed by atoms with van der Waals surface area (Å²) < 4.78 is 35.2. The summed E-state index contributed by atoms with van der Waals surface area (Å²) in [5.41, 5.74) is 0.466. The van der Waals surface area contributed by atoms with Gasteiger partial charge in [-0.2, -0.15) is 8.78 Å². The van der Waals surface area contributed by atoms with Crippen molar-refractivity contribution in [1.29, 1.82) is 0 Å². The van der Waals surface area contributed by atoms with Crippen molar-refractivity contribution in [2.24, 2.45) is 4.99 Å². The third-order valence-electron chi connectivity index (χ3n) is 4.74. The Hall–Kier alpha value is -2.58. The second kappa shape index (κ2) is 11.4. The van der Waals surface area contributed by atoms with E-state index in [1.165, 1.54) is 24.5 Å². The number of likely N-dealkylation sites (N-methyl/N-ethyl adjacent to an activating group) is 1. The Bertz CT molecular complexity index is 692. The number of hydrogen-bond acceptors (Lipinski definition) is 4. The molecule has 9 heteroatoms. The van der Waals surface area contributed by atoms with E-state index in [9.17, 15) is 13.6 Å². The van der Waals surface area contributed by atoms with Gasteiger partial charge in [-0.3, -0.25) is 4.79 Å². The fourth-order valence-corrected chi connectivity index (χ4v) is 3.09. The number of rotatable bonds is 8. The molecule has 0 unspecified atom stereocenters. The number of guanidine groups is 1. The molecular weight excluding hydrogens is 382 g/mol. The van der Waals surface area contributed by atoms with Crippen molar-refractivity contribution in [2.75, 3.05) is 27.7 Å². The van der Waals surface area contributed by atoms with Gasteiger partial charge in [0.05, 0.1) is 20.2 Å². The fraction of sp³-hybridized carbons (Fsp3) is 0.600. The van der Waals surface area contributed by atoms with E-state index in [0.29, 0.717) is 17.3 Å². The maximum atomic E-state index is 12.7. The normalized spacial score (nSPS) is 15.2. The van der Waals surface area contributed by atoms with Crippen LogP contribution < -0.4 is 20.1 Å². The third kappa shape index (κ3) is 7.75. The summed E-state index contributed by atoms with van der Waals surface area (Å²) in [4.78, 5) is 17.9. The number of aliphatic imine (C=N–C) groups is 1. The molecular formula is C20H30F2N4O3. The first kappa shape index (κ1) is 22.7. The van der Waals surface area contributed by atoms with Crippen LogP contribution in [0.4, 0.5) is 8.78 Å². The number of methoxy groups -OCH3 is 1. The van der Waals surface area contributed by atoms with Crippen molar-refractivity contribution in [1.82, 2.24) is 15.5 Å². The fourth-order valence-electron chi connectivity index (χ4n) is 3.09. The average Bonchev–Trinajstić information content (AvgIpc) is 2.70. The SMILES string of the molecule is COc1ccc(OC(F)F)c(CN=C(NCC(=O)N(C)C)NC2CCCCC2)c1.